The molecule has 3 heteroatoms. The van der Waals surface area contributed by atoms with Crippen LogP contribution in [0.4, 0.5) is 11.4 Å². The summed E-state index contributed by atoms with van der Waals surface area (Å²) < 4.78 is 7.79. The lowest BCUT2D eigenvalue weighted by Crippen LogP contribution is -2.16. The largest absolute Gasteiger partial charge is 0.431 e. The summed E-state index contributed by atoms with van der Waals surface area (Å²) in [5.41, 5.74) is 4.25. The Labute approximate surface area is 118 Å². The number of hydrogen-bond acceptors (Lipinski definition) is 2. The van der Waals surface area contributed by atoms with E-state index in [0.717, 1.165) is 29.1 Å². The highest BCUT2D eigenvalue weighted by molar-refractivity contribution is 5.58. The fourth-order valence-electron chi connectivity index (χ4n) is 2.39. The van der Waals surface area contributed by atoms with Gasteiger partial charge in [-0.15, -0.1) is 6.58 Å². The molecule has 1 heterocycles. The minimum Gasteiger partial charge on any atom is -0.431 e. The third-order valence-corrected chi connectivity index (χ3v) is 3.27. The number of para-hydroxylation sites is 1. The zero-order chi connectivity index (χ0) is 13.9. The molecule has 1 aliphatic heterocycles. The molecule has 2 aromatic carbocycles. The number of aryl methyl sites for hydroxylation is 1. The molecule has 0 saturated heterocycles. The molecule has 1 aliphatic rings. The van der Waals surface area contributed by atoms with E-state index < -0.39 is 0 Å². The number of hydrogen-bond donors (Lipinski definition) is 0. The van der Waals surface area contributed by atoms with Crippen molar-refractivity contribution in [1.29, 1.82) is 0 Å². The van der Waals surface area contributed by atoms with Gasteiger partial charge in [-0.1, -0.05) is 30.3 Å². The van der Waals surface area contributed by atoms with Gasteiger partial charge < -0.3 is 4.74 Å². The standard InChI is InChI=1S/C17H17N2O/c1-3-7-14-10-13(2)11-16-17(14)20-12-19(18-16)15-8-5-4-6-9-15/h3-6,8-11H,1,7,12H2,2H3/q+1. The lowest BCUT2D eigenvalue weighted by atomic mass is 10.1. The van der Waals surface area contributed by atoms with Crippen molar-refractivity contribution in [2.24, 2.45) is 5.11 Å². The van der Waals surface area contributed by atoms with Crippen molar-refractivity contribution >= 4 is 11.4 Å². The lowest BCUT2D eigenvalue weighted by Gasteiger charge is -2.15. The van der Waals surface area contributed by atoms with Crippen molar-refractivity contribution in [3.05, 3.63) is 66.2 Å². The molecular formula is C17H17N2O+. The summed E-state index contributed by atoms with van der Waals surface area (Å²) in [6, 6.07) is 14.2. The van der Waals surface area contributed by atoms with E-state index in [-0.39, 0.29) is 0 Å². The SMILES string of the molecule is C=CCc1cc(C)cc2c1OC[N+](c1ccccc1)=N2. The number of allylic oxidation sites excluding steroid dienone is 1. The summed E-state index contributed by atoms with van der Waals surface area (Å²) in [7, 11) is 0. The Morgan fingerprint density at radius 3 is 2.85 bits per heavy atom. The summed E-state index contributed by atoms with van der Waals surface area (Å²) in [6.45, 7) is 6.31. The van der Waals surface area contributed by atoms with Crippen LogP contribution in [0.5, 0.6) is 5.75 Å². The molecule has 0 amide bonds. The first kappa shape index (κ1) is 12.6. The second-order valence-electron chi connectivity index (χ2n) is 4.87. The Bertz CT molecular complexity index is 675. The molecule has 20 heavy (non-hydrogen) atoms. The fraction of sp³-hybridized carbons (Fsp3) is 0.176. The summed E-state index contributed by atoms with van der Waals surface area (Å²) in [5.74, 6) is 0.877. The number of ether oxygens (including phenoxy) is 1. The van der Waals surface area contributed by atoms with Gasteiger partial charge in [0.2, 0.25) is 5.69 Å². The zero-order valence-electron chi connectivity index (χ0n) is 11.5. The molecule has 0 atom stereocenters. The van der Waals surface area contributed by atoms with Gasteiger partial charge in [-0.3, -0.25) is 0 Å². The highest BCUT2D eigenvalue weighted by Crippen LogP contribution is 2.37. The maximum Gasteiger partial charge on any atom is 0.317 e. The van der Waals surface area contributed by atoms with Gasteiger partial charge in [-0.2, -0.15) is 0 Å². The predicted molar refractivity (Wildman–Crippen MR) is 79.0 cm³/mol. The molecule has 0 fully saturated rings. The maximum absolute atomic E-state index is 5.91. The average Bonchev–Trinajstić information content (AvgIpc) is 2.47. The minimum absolute atomic E-state index is 0.435. The first-order chi connectivity index (χ1) is 9.78. The van der Waals surface area contributed by atoms with Gasteiger partial charge in [-0.25, -0.2) is 0 Å². The molecule has 0 aliphatic carbocycles. The first-order valence-corrected chi connectivity index (χ1v) is 6.69. The number of rotatable bonds is 3. The van der Waals surface area contributed by atoms with E-state index in [0.29, 0.717) is 6.73 Å². The summed E-state index contributed by atoms with van der Waals surface area (Å²) in [4.78, 5) is 0. The lowest BCUT2D eigenvalue weighted by molar-refractivity contribution is -0.544. The molecule has 0 radical (unpaired) electrons. The molecule has 0 saturated carbocycles. The van der Waals surface area contributed by atoms with Crippen molar-refractivity contribution in [3.63, 3.8) is 0 Å². The van der Waals surface area contributed by atoms with Crippen molar-refractivity contribution in [2.75, 3.05) is 6.73 Å². The first-order valence-electron chi connectivity index (χ1n) is 6.69. The van der Waals surface area contributed by atoms with Gasteiger partial charge in [-0.05, 0) is 29.7 Å². The molecule has 0 unspecified atom stereocenters. The Balaban J connectivity index is 2.07. The topological polar surface area (TPSA) is 24.6 Å². The number of fused-ring (bicyclic) bond motifs is 1. The van der Waals surface area contributed by atoms with Gasteiger partial charge in [0.15, 0.2) is 11.4 Å². The van der Waals surface area contributed by atoms with Crippen LogP contribution in [0.25, 0.3) is 0 Å². The van der Waals surface area contributed by atoms with E-state index in [1.807, 2.05) is 41.1 Å². The second kappa shape index (κ2) is 5.29. The van der Waals surface area contributed by atoms with Crippen molar-refractivity contribution in [2.45, 2.75) is 13.3 Å². The van der Waals surface area contributed by atoms with E-state index >= 15 is 0 Å². The van der Waals surface area contributed by atoms with Gasteiger partial charge in [0, 0.05) is 22.8 Å². The Hall–Kier alpha value is -2.42. The molecule has 0 spiro atoms. The number of azo groups is 2. The normalized spacial score (nSPS) is 13.2. The monoisotopic (exact) mass is 265 g/mol. The smallest absolute Gasteiger partial charge is 0.317 e. The zero-order valence-corrected chi connectivity index (χ0v) is 11.5. The Morgan fingerprint density at radius 2 is 2.10 bits per heavy atom. The fourth-order valence-corrected chi connectivity index (χ4v) is 2.39. The van der Waals surface area contributed by atoms with Gasteiger partial charge in [0.05, 0.1) is 0 Å². The minimum atomic E-state index is 0.435. The average molecular weight is 265 g/mol. The quantitative estimate of drug-likeness (QED) is 0.592. The molecule has 100 valence electrons. The van der Waals surface area contributed by atoms with E-state index in [4.69, 9.17) is 9.85 Å². The van der Waals surface area contributed by atoms with Gasteiger partial charge in [0.25, 0.3) is 0 Å². The molecule has 3 rings (SSSR count). The number of benzene rings is 2. The predicted octanol–water partition coefficient (Wildman–Crippen LogP) is 4.50. The third-order valence-electron chi connectivity index (χ3n) is 3.27. The second-order valence-corrected chi connectivity index (χ2v) is 4.87. The van der Waals surface area contributed by atoms with Crippen LogP contribution in [0.3, 0.4) is 0 Å². The van der Waals surface area contributed by atoms with Crippen molar-refractivity contribution in [3.8, 4) is 5.75 Å². The van der Waals surface area contributed by atoms with Crippen molar-refractivity contribution < 1.29 is 9.43 Å². The van der Waals surface area contributed by atoms with Crippen LogP contribution in [0.15, 0.2) is 60.2 Å². The highest BCUT2D eigenvalue weighted by Gasteiger charge is 2.23. The third kappa shape index (κ3) is 2.35. The maximum atomic E-state index is 5.91. The van der Waals surface area contributed by atoms with Crippen LogP contribution in [0, 0.1) is 6.92 Å². The summed E-state index contributed by atoms with van der Waals surface area (Å²) in [6.07, 6.45) is 2.69. The molecule has 3 nitrogen and oxygen atoms in total. The Kier molecular flexibility index (Phi) is 3.33. The summed E-state index contributed by atoms with van der Waals surface area (Å²) >= 11 is 0. The van der Waals surface area contributed by atoms with Crippen LogP contribution in [0.1, 0.15) is 11.1 Å². The Morgan fingerprint density at radius 1 is 1.30 bits per heavy atom. The number of nitrogens with zero attached hydrogens (tertiary/aromatic N) is 2. The van der Waals surface area contributed by atoms with Crippen molar-refractivity contribution in [1.82, 2.24) is 0 Å². The van der Waals surface area contributed by atoms with E-state index in [1.165, 1.54) is 5.56 Å². The molecule has 0 N–H and O–H groups in total. The van der Waals surface area contributed by atoms with Gasteiger partial charge in [0.1, 0.15) is 0 Å². The van der Waals surface area contributed by atoms with Crippen LogP contribution in [-0.2, 0) is 6.42 Å². The van der Waals surface area contributed by atoms with Gasteiger partial charge >= 0.3 is 6.73 Å². The molecule has 0 aromatic heterocycles. The molecule has 2 aromatic rings. The van der Waals surface area contributed by atoms with Crippen LogP contribution < -0.4 is 4.74 Å². The highest BCUT2D eigenvalue weighted by atomic mass is 16.5. The van der Waals surface area contributed by atoms with Crippen LogP contribution >= 0.6 is 0 Å². The molecule has 0 bridgehead atoms. The summed E-state index contributed by atoms with van der Waals surface area (Å²) in [5, 5.41) is 4.69. The van der Waals surface area contributed by atoms with Crippen LogP contribution in [0.2, 0.25) is 0 Å². The van der Waals surface area contributed by atoms with E-state index in [9.17, 15) is 0 Å². The van der Waals surface area contributed by atoms with E-state index in [2.05, 4.69) is 25.6 Å². The van der Waals surface area contributed by atoms with Crippen LogP contribution in [-0.4, -0.2) is 11.4 Å². The van der Waals surface area contributed by atoms with E-state index in [1.54, 1.807) is 0 Å². The molecular weight excluding hydrogens is 248 g/mol.